The van der Waals surface area contributed by atoms with Crippen molar-refractivity contribution in [2.75, 3.05) is 0 Å². The predicted molar refractivity (Wildman–Crippen MR) is 88.4 cm³/mol. The molecule has 0 amide bonds. The summed E-state index contributed by atoms with van der Waals surface area (Å²) in [5, 5.41) is 11.8. The maximum atomic E-state index is 10.8. The molecule has 0 saturated carbocycles. The molecule has 0 spiro atoms. The van der Waals surface area contributed by atoms with Crippen LogP contribution in [0.4, 0.5) is 0 Å². The Morgan fingerprint density at radius 2 is 1.91 bits per heavy atom. The third-order valence-electron chi connectivity index (χ3n) is 3.56. The van der Waals surface area contributed by atoms with Crippen molar-refractivity contribution in [1.29, 1.82) is 0 Å². The zero-order valence-corrected chi connectivity index (χ0v) is 14.6. The van der Waals surface area contributed by atoms with Gasteiger partial charge in [-0.2, -0.15) is 0 Å². The second-order valence-corrected chi connectivity index (χ2v) is 7.31. The monoisotopic (exact) mass is 342 g/mol. The Bertz CT molecular complexity index is 638. The lowest BCUT2D eigenvalue weighted by atomic mass is 9.83. The zero-order chi connectivity index (χ0) is 16.5. The Kier molecular flexibility index (Phi) is 4.76. The zero-order valence-electron chi connectivity index (χ0n) is 13.0. The molecule has 2 rings (SSSR count). The summed E-state index contributed by atoms with van der Waals surface area (Å²) in [6.45, 7) is 7.63. The molecule has 0 aliphatic heterocycles. The molecule has 2 aromatic rings. The van der Waals surface area contributed by atoms with Crippen LogP contribution in [-0.2, 0) is 5.72 Å². The molecule has 120 valence electrons. The third-order valence-corrected chi connectivity index (χ3v) is 4.09. The van der Waals surface area contributed by atoms with Crippen LogP contribution < -0.4 is 4.74 Å². The number of imidazole rings is 1. The maximum absolute atomic E-state index is 10.8. The summed E-state index contributed by atoms with van der Waals surface area (Å²) in [6.07, 6.45) is 4.19. The lowest BCUT2D eigenvalue weighted by Gasteiger charge is -2.42. The maximum Gasteiger partial charge on any atom is 0.211 e. The van der Waals surface area contributed by atoms with Crippen molar-refractivity contribution in [3.05, 3.63) is 47.0 Å². The second kappa shape index (κ2) is 6.11. The summed E-state index contributed by atoms with van der Waals surface area (Å²) in [5.74, 6) is 0.450. The van der Waals surface area contributed by atoms with Crippen LogP contribution in [0.2, 0.25) is 10.0 Å². The number of nitrogens with zero attached hydrogens (tertiary/aromatic N) is 2. The van der Waals surface area contributed by atoms with Crippen LogP contribution in [0.1, 0.15) is 27.7 Å². The average Bonchev–Trinajstić information content (AvgIpc) is 2.94. The minimum atomic E-state index is -1.06. The van der Waals surface area contributed by atoms with E-state index in [2.05, 4.69) is 4.98 Å². The van der Waals surface area contributed by atoms with Crippen molar-refractivity contribution in [3.8, 4) is 5.75 Å². The highest BCUT2D eigenvalue weighted by atomic mass is 35.5. The van der Waals surface area contributed by atoms with E-state index in [1.54, 1.807) is 48.4 Å². The molecule has 2 unspecified atom stereocenters. The largest absolute Gasteiger partial charge is 0.464 e. The first-order valence-electron chi connectivity index (χ1n) is 6.95. The van der Waals surface area contributed by atoms with Gasteiger partial charge in [0.25, 0.3) is 0 Å². The summed E-state index contributed by atoms with van der Waals surface area (Å²) >= 11 is 12.1. The molecule has 4 nitrogen and oxygen atoms in total. The number of ether oxygens (including phenoxy) is 1. The average molecular weight is 343 g/mol. The molecule has 2 atom stereocenters. The Balaban J connectivity index is 2.46. The van der Waals surface area contributed by atoms with Crippen molar-refractivity contribution in [2.24, 2.45) is 5.41 Å². The summed E-state index contributed by atoms with van der Waals surface area (Å²) in [6, 6.07) is 4.99. The molecular weight excluding hydrogens is 323 g/mol. The van der Waals surface area contributed by atoms with Gasteiger partial charge >= 0.3 is 0 Å². The Hall–Kier alpha value is -1.23. The Morgan fingerprint density at radius 1 is 1.23 bits per heavy atom. The Labute approximate surface area is 140 Å². The smallest absolute Gasteiger partial charge is 0.211 e. The first-order valence-corrected chi connectivity index (χ1v) is 7.71. The lowest BCUT2D eigenvalue weighted by molar-refractivity contribution is -0.142. The van der Waals surface area contributed by atoms with Gasteiger partial charge in [0.1, 0.15) is 11.9 Å². The molecule has 6 heteroatoms. The molecule has 1 heterocycles. The van der Waals surface area contributed by atoms with Crippen LogP contribution in [0, 0.1) is 5.41 Å². The molecule has 0 radical (unpaired) electrons. The highest BCUT2D eigenvalue weighted by molar-refractivity contribution is 6.35. The number of hydrogen-bond acceptors (Lipinski definition) is 3. The summed E-state index contributed by atoms with van der Waals surface area (Å²) < 4.78 is 7.83. The number of benzene rings is 1. The van der Waals surface area contributed by atoms with Crippen LogP contribution in [0.5, 0.6) is 5.75 Å². The van der Waals surface area contributed by atoms with Crippen LogP contribution in [-0.4, -0.2) is 20.8 Å². The van der Waals surface area contributed by atoms with Gasteiger partial charge in [0.05, 0.1) is 11.3 Å². The summed E-state index contributed by atoms with van der Waals surface area (Å²) in [5.41, 5.74) is -1.47. The molecule has 0 bridgehead atoms. The van der Waals surface area contributed by atoms with E-state index in [9.17, 15) is 5.11 Å². The number of aromatic nitrogens is 2. The molecule has 0 saturated heterocycles. The van der Waals surface area contributed by atoms with Crippen LogP contribution in [0.3, 0.4) is 0 Å². The van der Waals surface area contributed by atoms with Crippen molar-refractivity contribution in [2.45, 2.75) is 39.5 Å². The molecule has 0 fully saturated rings. The molecule has 0 aliphatic rings. The molecule has 1 aromatic carbocycles. The van der Waals surface area contributed by atoms with E-state index < -0.39 is 17.2 Å². The number of aliphatic hydroxyl groups excluding tert-OH is 1. The SMILES string of the molecule is CC(C)(C)C(O)C(C)(Oc1ccc(Cl)cc1Cl)n1ccnc1. The molecule has 22 heavy (non-hydrogen) atoms. The van der Waals surface area contributed by atoms with Crippen molar-refractivity contribution in [1.82, 2.24) is 9.55 Å². The lowest BCUT2D eigenvalue weighted by Crippen LogP contribution is -2.52. The fourth-order valence-corrected chi connectivity index (χ4v) is 2.80. The standard InChI is InChI=1S/C16H20Cl2N2O2/c1-15(2,3)14(21)16(4,20-8-7-19-10-20)22-13-6-5-11(17)9-12(13)18/h5-10,14,21H,1-4H3. The number of rotatable bonds is 4. The predicted octanol–water partition coefficient (Wildman–Crippen LogP) is 4.35. The van der Waals surface area contributed by atoms with Gasteiger partial charge in [-0.15, -0.1) is 0 Å². The van der Waals surface area contributed by atoms with Crippen LogP contribution >= 0.6 is 23.2 Å². The molecule has 1 aromatic heterocycles. The van der Waals surface area contributed by atoms with Crippen molar-refractivity contribution in [3.63, 3.8) is 0 Å². The Morgan fingerprint density at radius 3 is 2.41 bits per heavy atom. The van der Waals surface area contributed by atoms with E-state index in [4.69, 9.17) is 27.9 Å². The first-order chi connectivity index (χ1) is 10.1. The number of halogens is 2. The van der Waals surface area contributed by atoms with Crippen LogP contribution in [0.25, 0.3) is 0 Å². The molecular formula is C16H20Cl2N2O2. The van der Waals surface area contributed by atoms with E-state index >= 15 is 0 Å². The van der Waals surface area contributed by atoms with E-state index in [1.807, 2.05) is 20.8 Å². The van der Waals surface area contributed by atoms with E-state index in [1.165, 1.54) is 0 Å². The van der Waals surface area contributed by atoms with Gasteiger partial charge in [0, 0.05) is 17.4 Å². The van der Waals surface area contributed by atoms with Gasteiger partial charge in [-0.3, -0.25) is 4.57 Å². The molecule has 0 aliphatic carbocycles. The van der Waals surface area contributed by atoms with Crippen LogP contribution in [0.15, 0.2) is 36.9 Å². The van der Waals surface area contributed by atoms with Crippen molar-refractivity contribution < 1.29 is 9.84 Å². The highest BCUT2D eigenvalue weighted by Gasteiger charge is 2.44. The van der Waals surface area contributed by atoms with Gasteiger partial charge in [0.15, 0.2) is 0 Å². The van der Waals surface area contributed by atoms with E-state index in [0.717, 1.165) is 0 Å². The van der Waals surface area contributed by atoms with Gasteiger partial charge < -0.3 is 9.84 Å². The second-order valence-electron chi connectivity index (χ2n) is 6.47. The summed E-state index contributed by atoms with van der Waals surface area (Å²) in [7, 11) is 0. The first kappa shape index (κ1) is 17.1. The van der Waals surface area contributed by atoms with Gasteiger partial charge in [-0.1, -0.05) is 44.0 Å². The van der Waals surface area contributed by atoms with E-state index in [-0.39, 0.29) is 0 Å². The fourth-order valence-electron chi connectivity index (χ4n) is 2.36. The quantitative estimate of drug-likeness (QED) is 0.898. The molecule has 1 N–H and O–H groups in total. The topological polar surface area (TPSA) is 47.3 Å². The minimum absolute atomic E-state index is 0.389. The minimum Gasteiger partial charge on any atom is -0.464 e. The number of hydrogen-bond donors (Lipinski definition) is 1. The third kappa shape index (κ3) is 3.40. The summed E-state index contributed by atoms with van der Waals surface area (Å²) in [4.78, 5) is 4.05. The van der Waals surface area contributed by atoms with Crippen molar-refractivity contribution >= 4 is 23.2 Å². The van der Waals surface area contributed by atoms with E-state index in [0.29, 0.717) is 15.8 Å². The fraction of sp³-hybridized carbons (Fsp3) is 0.438. The van der Waals surface area contributed by atoms with Gasteiger partial charge in [-0.05, 0) is 30.5 Å². The van der Waals surface area contributed by atoms with Gasteiger partial charge in [-0.25, -0.2) is 4.98 Å². The number of aliphatic hydroxyl groups is 1. The normalized spacial score (nSPS) is 16.1. The van der Waals surface area contributed by atoms with Gasteiger partial charge in [0.2, 0.25) is 5.72 Å². The highest BCUT2D eigenvalue weighted by Crippen LogP contribution is 2.38.